The molecule has 1 unspecified atom stereocenters. The van der Waals surface area contributed by atoms with Gasteiger partial charge in [0, 0.05) is 16.7 Å². The molecule has 1 aliphatic heterocycles. The Balaban J connectivity index is 0.00000158. The molecule has 0 radical (unpaired) electrons. The highest BCUT2D eigenvalue weighted by Crippen LogP contribution is 2.25. The Morgan fingerprint density at radius 3 is 2.38 bits per heavy atom. The second kappa shape index (κ2) is 11.6. The third-order valence-electron chi connectivity index (χ3n) is 4.71. The van der Waals surface area contributed by atoms with E-state index in [0.717, 1.165) is 22.9 Å². The normalized spacial score (nSPS) is 14.9. The van der Waals surface area contributed by atoms with Crippen molar-refractivity contribution in [3.8, 4) is 6.07 Å². The number of hydrogen-bond acceptors (Lipinski definition) is 6. The van der Waals surface area contributed by atoms with Gasteiger partial charge in [-0.1, -0.05) is 74.5 Å². The minimum Gasteiger partial charge on any atom is -0.378 e. The van der Waals surface area contributed by atoms with Gasteiger partial charge in [-0.15, -0.1) is 0 Å². The first-order valence-electron chi connectivity index (χ1n) is 10.7. The Labute approximate surface area is 203 Å². The maximum atomic E-state index is 12.8. The number of benzodiazepines with no additional fused rings is 1. The van der Waals surface area contributed by atoms with Crippen LogP contribution >= 0.6 is 11.8 Å². The van der Waals surface area contributed by atoms with E-state index in [9.17, 15) is 4.79 Å². The molecule has 1 atom stereocenters. The van der Waals surface area contributed by atoms with E-state index in [2.05, 4.69) is 15.3 Å². The monoisotopic (exact) mass is 468 g/mol. The third-order valence-corrected chi connectivity index (χ3v) is 5.46. The number of nitrogens with zero attached hydrogens (tertiary/aromatic N) is 3. The Bertz CT molecular complexity index is 1280. The minimum atomic E-state index is -1.10. The Kier molecular flexibility index (Phi) is 8.32. The van der Waals surface area contributed by atoms with Gasteiger partial charge in [-0.2, -0.15) is 5.26 Å². The number of para-hydroxylation sites is 1. The number of amidine groups is 1. The number of rotatable bonds is 3. The molecule has 0 bridgehead atoms. The number of carbonyl (C=O) groups excluding carboxylic acids is 1. The van der Waals surface area contributed by atoms with E-state index in [1.807, 2.05) is 74.5 Å². The van der Waals surface area contributed by atoms with Crippen molar-refractivity contribution in [2.45, 2.75) is 20.0 Å². The van der Waals surface area contributed by atoms with Crippen LogP contribution in [0, 0.1) is 16.7 Å². The van der Waals surface area contributed by atoms with Crippen molar-refractivity contribution in [1.82, 2.24) is 0 Å². The summed E-state index contributed by atoms with van der Waals surface area (Å²) in [5, 5.41) is 20.2. The fourth-order valence-electron chi connectivity index (χ4n) is 3.17. The molecule has 1 aliphatic rings. The molecule has 0 fully saturated rings. The quantitative estimate of drug-likeness (QED) is 0.378. The number of anilines is 1. The number of amides is 1. The highest BCUT2D eigenvalue weighted by Gasteiger charge is 2.25. The molecule has 34 heavy (non-hydrogen) atoms. The summed E-state index contributed by atoms with van der Waals surface area (Å²) in [5.74, 6) is -0.406. The molecule has 1 amide bonds. The van der Waals surface area contributed by atoms with Crippen LogP contribution < -0.4 is 11.1 Å². The predicted octanol–water partition coefficient (Wildman–Crippen LogP) is 4.77. The van der Waals surface area contributed by atoms with Crippen LogP contribution in [0.4, 0.5) is 5.69 Å². The van der Waals surface area contributed by atoms with E-state index in [1.165, 1.54) is 0 Å². The number of thioether (sulfide) groups is 1. The lowest BCUT2D eigenvalue weighted by Gasteiger charge is -2.09. The Hall–Kier alpha value is -4.22. The zero-order valence-electron chi connectivity index (χ0n) is 18.8. The number of benzene rings is 3. The van der Waals surface area contributed by atoms with Crippen LogP contribution in [-0.4, -0.2) is 28.0 Å². The highest BCUT2D eigenvalue weighted by molar-refractivity contribution is 8.26. The van der Waals surface area contributed by atoms with E-state index in [4.69, 9.17) is 16.4 Å². The number of nitrogens with two attached hydrogens (primary N) is 1. The summed E-state index contributed by atoms with van der Waals surface area (Å²) >= 11 is 0.928. The average Bonchev–Trinajstić information content (AvgIpc) is 3.02. The fourth-order valence-corrected chi connectivity index (χ4v) is 3.78. The van der Waals surface area contributed by atoms with Gasteiger partial charge in [0.25, 0.3) is 5.91 Å². The number of nitriles is 1. The van der Waals surface area contributed by atoms with Crippen molar-refractivity contribution in [1.29, 1.82) is 10.7 Å². The molecule has 0 aromatic heterocycles. The van der Waals surface area contributed by atoms with Gasteiger partial charge in [-0.3, -0.25) is 10.2 Å². The summed E-state index contributed by atoms with van der Waals surface area (Å²) in [4.78, 5) is 21.8. The van der Waals surface area contributed by atoms with Gasteiger partial charge < -0.3 is 11.1 Å². The molecular weight excluding hydrogens is 444 g/mol. The van der Waals surface area contributed by atoms with Gasteiger partial charge >= 0.3 is 0 Å². The number of fused-ring (bicyclic) bond motifs is 1. The van der Waals surface area contributed by atoms with Crippen molar-refractivity contribution >= 4 is 39.3 Å². The SMILES string of the molecule is CC.N#Cc1ccc(C(=N)S/C(N)=N/C2N=C(c3ccccc3)c3ccccc3NC2=O)cc1. The van der Waals surface area contributed by atoms with E-state index in [0.29, 0.717) is 22.5 Å². The topological polar surface area (TPSA) is 127 Å². The lowest BCUT2D eigenvalue weighted by atomic mass is 10.0. The van der Waals surface area contributed by atoms with Crippen molar-refractivity contribution in [3.63, 3.8) is 0 Å². The Morgan fingerprint density at radius 2 is 1.71 bits per heavy atom. The first kappa shape index (κ1) is 24.4. The minimum absolute atomic E-state index is 0.0432. The molecule has 170 valence electrons. The molecule has 7 nitrogen and oxygen atoms in total. The van der Waals surface area contributed by atoms with Crippen molar-refractivity contribution in [2.75, 3.05) is 5.32 Å². The smallest absolute Gasteiger partial charge is 0.271 e. The summed E-state index contributed by atoms with van der Waals surface area (Å²) < 4.78 is 0. The first-order valence-corrected chi connectivity index (χ1v) is 11.5. The Morgan fingerprint density at radius 1 is 1.06 bits per heavy atom. The van der Waals surface area contributed by atoms with Gasteiger partial charge in [0.1, 0.15) is 5.04 Å². The molecule has 0 spiro atoms. The number of hydrogen-bond donors (Lipinski definition) is 3. The maximum Gasteiger partial charge on any atom is 0.271 e. The summed E-state index contributed by atoms with van der Waals surface area (Å²) in [7, 11) is 0. The van der Waals surface area contributed by atoms with Gasteiger partial charge in [-0.25, -0.2) is 9.98 Å². The first-order chi connectivity index (χ1) is 16.5. The third kappa shape index (κ3) is 5.77. The second-order valence-electron chi connectivity index (χ2n) is 6.84. The average molecular weight is 469 g/mol. The standard InChI is InChI=1S/C24H18N6OS.C2H6/c25-14-15-10-12-17(13-11-15)21(26)32-24(27)30-22-23(31)28-19-9-5-4-8-18(19)20(29-22)16-6-2-1-3-7-16;1-2/h1-13,22,26H,(H2,27,30)(H,28,31);1-2H3. The van der Waals surface area contributed by atoms with Gasteiger partial charge in [0.15, 0.2) is 5.17 Å². The summed E-state index contributed by atoms with van der Waals surface area (Å²) in [6.45, 7) is 4.00. The molecule has 4 N–H and O–H groups in total. The maximum absolute atomic E-state index is 12.8. The molecule has 0 aliphatic carbocycles. The molecule has 1 heterocycles. The second-order valence-corrected chi connectivity index (χ2v) is 7.87. The lowest BCUT2D eigenvalue weighted by Crippen LogP contribution is -2.26. The van der Waals surface area contributed by atoms with Crippen LogP contribution in [-0.2, 0) is 4.79 Å². The molecule has 0 saturated carbocycles. The largest absolute Gasteiger partial charge is 0.378 e. The zero-order valence-corrected chi connectivity index (χ0v) is 19.6. The van der Waals surface area contributed by atoms with Crippen LogP contribution in [0.15, 0.2) is 88.8 Å². The summed E-state index contributed by atoms with van der Waals surface area (Å²) in [6.07, 6.45) is -1.10. The predicted molar refractivity (Wildman–Crippen MR) is 139 cm³/mol. The summed E-state index contributed by atoms with van der Waals surface area (Å²) in [6, 6.07) is 25.6. The van der Waals surface area contributed by atoms with Crippen LogP contribution in [0.25, 0.3) is 0 Å². The molecular formula is C26H24N6OS. The lowest BCUT2D eigenvalue weighted by molar-refractivity contribution is -0.117. The van der Waals surface area contributed by atoms with Crippen LogP contribution in [0.3, 0.4) is 0 Å². The van der Waals surface area contributed by atoms with E-state index in [1.54, 1.807) is 24.3 Å². The van der Waals surface area contributed by atoms with Crippen molar-refractivity contribution in [3.05, 3.63) is 101 Å². The van der Waals surface area contributed by atoms with E-state index >= 15 is 0 Å². The van der Waals surface area contributed by atoms with Gasteiger partial charge in [-0.05, 0) is 30.0 Å². The number of carbonyl (C=O) groups is 1. The van der Waals surface area contributed by atoms with Crippen LogP contribution in [0.5, 0.6) is 0 Å². The molecule has 8 heteroatoms. The number of aliphatic imine (C=N–C) groups is 2. The number of nitrogens with one attached hydrogen (secondary N) is 2. The van der Waals surface area contributed by atoms with Crippen LogP contribution in [0.1, 0.15) is 36.1 Å². The van der Waals surface area contributed by atoms with Gasteiger partial charge in [0.05, 0.1) is 23.0 Å². The molecule has 3 aromatic rings. The zero-order chi connectivity index (χ0) is 24.5. The van der Waals surface area contributed by atoms with Crippen molar-refractivity contribution in [2.24, 2.45) is 15.7 Å². The van der Waals surface area contributed by atoms with E-state index in [-0.39, 0.29) is 10.2 Å². The van der Waals surface area contributed by atoms with Crippen molar-refractivity contribution < 1.29 is 4.79 Å². The summed E-state index contributed by atoms with van der Waals surface area (Å²) in [5.41, 5.74) is 10.1. The molecule has 3 aromatic carbocycles. The molecule has 0 saturated heterocycles. The highest BCUT2D eigenvalue weighted by atomic mass is 32.2. The van der Waals surface area contributed by atoms with Gasteiger partial charge in [0.2, 0.25) is 6.17 Å². The van der Waals surface area contributed by atoms with Crippen LogP contribution in [0.2, 0.25) is 0 Å². The van der Waals surface area contributed by atoms with E-state index < -0.39 is 12.1 Å². The fraction of sp³-hybridized carbons (Fsp3) is 0.115. The molecule has 4 rings (SSSR count).